The van der Waals surface area contributed by atoms with Gasteiger partial charge < -0.3 is 9.47 Å². The van der Waals surface area contributed by atoms with Crippen LogP contribution in [0.1, 0.15) is 78.1 Å². The molecule has 0 aliphatic rings. The van der Waals surface area contributed by atoms with E-state index in [9.17, 15) is 9.59 Å². The van der Waals surface area contributed by atoms with Crippen LogP contribution in [0.4, 0.5) is 4.79 Å². The monoisotopic (exact) mass is 355 g/mol. The van der Waals surface area contributed by atoms with Crippen LogP contribution in [0.15, 0.2) is 12.7 Å². The maximum absolute atomic E-state index is 11.8. The van der Waals surface area contributed by atoms with E-state index < -0.39 is 6.09 Å². The predicted octanol–water partition coefficient (Wildman–Crippen LogP) is 5.10. The molecule has 25 heavy (non-hydrogen) atoms. The SMILES string of the molecule is C=CCOC(=O)N(CC)CC(=O)OCCCCCCCCCCCC. The minimum Gasteiger partial charge on any atom is -0.464 e. The lowest BCUT2D eigenvalue weighted by Gasteiger charge is -2.18. The topological polar surface area (TPSA) is 55.8 Å². The molecule has 0 radical (unpaired) electrons. The second kappa shape index (κ2) is 17.3. The summed E-state index contributed by atoms with van der Waals surface area (Å²) in [5.41, 5.74) is 0. The first-order chi connectivity index (χ1) is 12.2. The van der Waals surface area contributed by atoms with Crippen LogP contribution in [0.3, 0.4) is 0 Å². The Labute approximate surface area is 153 Å². The van der Waals surface area contributed by atoms with Crippen LogP contribution < -0.4 is 0 Å². The predicted molar refractivity (Wildman–Crippen MR) is 102 cm³/mol. The Kier molecular flexibility index (Phi) is 16.3. The molecule has 0 saturated carbocycles. The maximum Gasteiger partial charge on any atom is 0.410 e. The van der Waals surface area contributed by atoms with Crippen molar-refractivity contribution in [1.82, 2.24) is 4.90 Å². The largest absolute Gasteiger partial charge is 0.464 e. The molecule has 0 atom stereocenters. The summed E-state index contributed by atoms with van der Waals surface area (Å²) in [5, 5.41) is 0. The van der Waals surface area contributed by atoms with E-state index >= 15 is 0 Å². The fourth-order valence-corrected chi connectivity index (χ4v) is 2.50. The van der Waals surface area contributed by atoms with E-state index in [2.05, 4.69) is 13.5 Å². The standard InChI is InChI=1S/C20H37NO4/c1-4-7-8-9-10-11-12-13-14-15-17-24-19(22)18-21(6-3)20(23)25-16-5-2/h5H,2,4,6-18H2,1,3H3. The number of ether oxygens (including phenoxy) is 2. The third kappa shape index (κ3) is 14.5. The van der Waals surface area contributed by atoms with Gasteiger partial charge in [-0.05, 0) is 13.3 Å². The minimum atomic E-state index is -0.515. The molecule has 0 aromatic heterocycles. The highest BCUT2D eigenvalue weighted by atomic mass is 16.6. The molecule has 0 aromatic carbocycles. The fraction of sp³-hybridized carbons (Fsp3) is 0.800. The van der Waals surface area contributed by atoms with E-state index in [0.717, 1.165) is 12.8 Å². The van der Waals surface area contributed by atoms with Gasteiger partial charge in [0, 0.05) is 6.54 Å². The Morgan fingerprint density at radius 1 is 0.880 bits per heavy atom. The number of likely N-dealkylation sites (N-methyl/N-ethyl adjacent to an activating group) is 1. The van der Waals surface area contributed by atoms with Crippen LogP contribution in [0.2, 0.25) is 0 Å². The molecule has 5 nitrogen and oxygen atoms in total. The van der Waals surface area contributed by atoms with Gasteiger partial charge in [-0.1, -0.05) is 77.4 Å². The first-order valence-corrected chi connectivity index (χ1v) is 9.83. The van der Waals surface area contributed by atoms with E-state index in [-0.39, 0.29) is 19.1 Å². The van der Waals surface area contributed by atoms with Gasteiger partial charge >= 0.3 is 12.1 Å². The summed E-state index contributed by atoms with van der Waals surface area (Å²) in [5.74, 6) is -0.381. The highest BCUT2D eigenvalue weighted by molar-refractivity contribution is 5.78. The van der Waals surface area contributed by atoms with Gasteiger partial charge in [0.2, 0.25) is 0 Å². The molecule has 5 heteroatoms. The Balaban J connectivity index is 3.56. The van der Waals surface area contributed by atoms with Gasteiger partial charge in [-0.2, -0.15) is 0 Å². The van der Waals surface area contributed by atoms with Gasteiger partial charge in [0.15, 0.2) is 0 Å². The highest BCUT2D eigenvalue weighted by Crippen LogP contribution is 2.10. The Morgan fingerprint density at radius 3 is 1.96 bits per heavy atom. The number of carbonyl (C=O) groups is 2. The molecule has 0 spiro atoms. The smallest absolute Gasteiger partial charge is 0.410 e. The summed E-state index contributed by atoms with van der Waals surface area (Å²) in [7, 11) is 0. The van der Waals surface area contributed by atoms with Gasteiger partial charge in [0.05, 0.1) is 6.61 Å². The summed E-state index contributed by atoms with van der Waals surface area (Å²) >= 11 is 0. The normalized spacial score (nSPS) is 10.3. The zero-order chi connectivity index (χ0) is 18.8. The van der Waals surface area contributed by atoms with Crippen LogP contribution in [0.5, 0.6) is 0 Å². The second-order valence-electron chi connectivity index (χ2n) is 6.28. The number of hydrogen-bond acceptors (Lipinski definition) is 4. The molecule has 0 aliphatic heterocycles. The Hall–Kier alpha value is -1.52. The molecule has 0 fully saturated rings. The fourth-order valence-electron chi connectivity index (χ4n) is 2.50. The van der Waals surface area contributed by atoms with Crippen molar-refractivity contribution in [2.75, 3.05) is 26.3 Å². The van der Waals surface area contributed by atoms with Crippen molar-refractivity contribution in [1.29, 1.82) is 0 Å². The lowest BCUT2D eigenvalue weighted by Crippen LogP contribution is -2.36. The van der Waals surface area contributed by atoms with Crippen molar-refractivity contribution in [3.05, 3.63) is 12.7 Å². The van der Waals surface area contributed by atoms with Crippen molar-refractivity contribution in [2.24, 2.45) is 0 Å². The number of carbonyl (C=O) groups excluding carboxylic acids is 2. The van der Waals surface area contributed by atoms with Crippen molar-refractivity contribution in [3.63, 3.8) is 0 Å². The minimum absolute atomic E-state index is 0.0652. The van der Waals surface area contributed by atoms with Crippen LogP contribution in [0.25, 0.3) is 0 Å². The van der Waals surface area contributed by atoms with Gasteiger partial charge in [-0.25, -0.2) is 4.79 Å². The zero-order valence-corrected chi connectivity index (χ0v) is 16.3. The second-order valence-corrected chi connectivity index (χ2v) is 6.28. The van der Waals surface area contributed by atoms with E-state index in [4.69, 9.17) is 9.47 Å². The number of rotatable bonds is 16. The van der Waals surface area contributed by atoms with E-state index in [1.807, 2.05) is 0 Å². The quantitative estimate of drug-likeness (QED) is 0.220. The number of nitrogens with zero attached hydrogens (tertiary/aromatic N) is 1. The first-order valence-electron chi connectivity index (χ1n) is 9.83. The molecule has 0 heterocycles. The molecule has 0 saturated heterocycles. The summed E-state index contributed by atoms with van der Waals surface area (Å²) in [6.07, 6.45) is 13.4. The summed E-state index contributed by atoms with van der Waals surface area (Å²) < 4.78 is 10.1. The molecule has 0 aromatic rings. The number of hydrogen-bond donors (Lipinski definition) is 0. The first kappa shape index (κ1) is 23.5. The number of unbranched alkanes of at least 4 members (excludes halogenated alkanes) is 9. The molecule has 0 bridgehead atoms. The summed E-state index contributed by atoms with van der Waals surface area (Å²) in [6.45, 7) is 8.43. The number of amides is 1. The maximum atomic E-state index is 11.8. The molecule has 1 amide bonds. The summed E-state index contributed by atoms with van der Waals surface area (Å²) in [6, 6.07) is 0. The molecule has 0 unspecified atom stereocenters. The molecule has 0 aliphatic carbocycles. The van der Waals surface area contributed by atoms with Gasteiger partial charge in [0.1, 0.15) is 13.2 Å². The van der Waals surface area contributed by atoms with E-state index in [1.54, 1.807) is 6.92 Å². The summed E-state index contributed by atoms with van der Waals surface area (Å²) in [4.78, 5) is 24.8. The Bertz CT molecular complexity index is 358. The van der Waals surface area contributed by atoms with Crippen molar-refractivity contribution in [2.45, 2.75) is 78.1 Å². The van der Waals surface area contributed by atoms with Crippen molar-refractivity contribution < 1.29 is 19.1 Å². The molecular formula is C20H37NO4. The average molecular weight is 356 g/mol. The van der Waals surface area contributed by atoms with Gasteiger partial charge in [0.25, 0.3) is 0 Å². The van der Waals surface area contributed by atoms with Gasteiger partial charge in [-0.3, -0.25) is 9.69 Å². The third-order valence-electron chi connectivity index (χ3n) is 4.05. The molecule has 0 N–H and O–H groups in total. The Morgan fingerprint density at radius 2 is 1.44 bits per heavy atom. The van der Waals surface area contributed by atoms with Crippen molar-refractivity contribution in [3.8, 4) is 0 Å². The molecule has 0 rings (SSSR count). The number of esters is 1. The highest BCUT2D eigenvalue weighted by Gasteiger charge is 2.17. The lowest BCUT2D eigenvalue weighted by molar-refractivity contribution is -0.144. The third-order valence-corrected chi connectivity index (χ3v) is 4.05. The van der Waals surface area contributed by atoms with Crippen LogP contribution >= 0.6 is 0 Å². The van der Waals surface area contributed by atoms with Crippen LogP contribution in [0, 0.1) is 0 Å². The van der Waals surface area contributed by atoms with Gasteiger partial charge in [-0.15, -0.1) is 0 Å². The lowest BCUT2D eigenvalue weighted by atomic mass is 10.1. The zero-order valence-electron chi connectivity index (χ0n) is 16.3. The van der Waals surface area contributed by atoms with E-state index in [1.165, 1.54) is 62.3 Å². The molecule has 146 valence electrons. The van der Waals surface area contributed by atoms with Crippen LogP contribution in [-0.4, -0.2) is 43.3 Å². The average Bonchev–Trinajstić information content (AvgIpc) is 2.62. The van der Waals surface area contributed by atoms with Crippen molar-refractivity contribution >= 4 is 12.1 Å². The van der Waals surface area contributed by atoms with E-state index in [0.29, 0.717) is 13.2 Å². The molecular weight excluding hydrogens is 318 g/mol. The van der Waals surface area contributed by atoms with Crippen LogP contribution in [-0.2, 0) is 14.3 Å².